The van der Waals surface area contributed by atoms with Crippen molar-refractivity contribution >= 4 is 17.2 Å². The summed E-state index contributed by atoms with van der Waals surface area (Å²) >= 11 is 1.64. The average molecular weight is 266 g/mol. The molecule has 98 valence electrons. The molecule has 4 nitrogen and oxygen atoms in total. The standard InChI is InChI=1S/C13H18N2O2S/c1-14-13(17)5-7-15(2)10-12-11(4-3-8-16)6-9-18-12/h6,9,16H,5,7-8,10H2,1-2H3,(H,14,17). The Morgan fingerprint density at radius 1 is 1.61 bits per heavy atom. The van der Waals surface area contributed by atoms with Gasteiger partial charge in [0.2, 0.25) is 5.91 Å². The van der Waals surface area contributed by atoms with Gasteiger partial charge in [-0.3, -0.25) is 4.79 Å². The fraction of sp³-hybridized carbons (Fsp3) is 0.462. The highest BCUT2D eigenvalue weighted by Crippen LogP contribution is 2.17. The number of hydrogen-bond donors (Lipinski definition) is 2. The second-order valence-corrected chi connectivity index (χ2v) is 4.88. The van der Waals surface area contributed by atoms with E-state index < -0.39 is 0 Å². The van der Waals surface area contributed by atoms with Gasteiger partial charge in [0, 0.05) is 37.0 Å². The lowest BCUT2D eigenvalue weighted by Gasteiger charge is -2.15. The number of hydrogen-bond acceptors (Lipinski definition) is 4. The predicted octanol–water partition coefficient (Wildman–Crippen LogP) is 0.660. The van der Waals surface area contributed by atoms with Gasteiger partial charge >= 0.3 is 0 Å². The third-order valence-corrected chi connectivity index (χ3v) is 3.37. The molecule has 18 heavy (non-hydrogen) atoms. The second-order valence-electron chi connectivity index (χ2n) is 3.88. The first-order valence-corrected chi connectivity index (χ1v) is 6.60. The maximum absolute atomic E-state index is 11.1. The second kappa shape index (κ2) is 7.88. The molecule has 0 aliphatic carbocycles. The number of amides is 1. The summed E-state index contributed by atoms with van der Waals surface area (Å²) in [5.74, 6) is 5.63. The minimum atomic E-state index is -0.123. The Bertz CT molecular complexity index is 445. The Labute approximate surface area is 112 Å². The van der Waals surface area contributed by atoms with Crippen LogP contribution in [0.1, 0.15) is 16.9 Å². The number of aliphatic hydroxyl groups excluding tert-OH is 1. The number of rotatable bonds is 5. The van der Waals surface area contributed by atoms with Crippen LogP contribution in [0.4, 0.5) is 0 Å². The van der Waals surface area contributed by atoms with Gasteiger partial charge in [0.05, 0.1) is 0 Å². The van der Waals surface area contributed by atoms with Crippen LogP contribution >= 0.6 is 11.3 Å². The van der Waals surface area contributed by atoms with Gasteiger partial charge in [-0.15, -0.1) is 11.3 Å². The molecular weight excluding hydrogens is 248 g/mol. The van der Waals surface area contributed by atoms with E-state index in [1.54, 1.807) is 18.4 Å². The van der Waals surface area contributed by atoms with Gasteiger partial charge in [-0.2, -0.15) is 0 Å². The first-order valence-electron chi connectivity index (χ1n) is 5.72. The molecule has 1 aromatic rings. The smallest absolute Gasteiger partial charge is 0.221 e. The lowest BCUT2D eigenvalue weighted by molar-refractivity contribution is -0.120. The number of carbonyl (C=O) groups is 1. The summed E-state index contributed by atoms with van der Waals surface area (Å²) in [4.78, 5) is 14.4. The lowest BCUT2D eigenvalue weighted by Crippen LogP contribution is -2.26. The van der Waals surface area contributed by atoms with Crippen LogP contribution in [-0.2, 0) is 11.3 Å². The molecule has 2 N–H and O–H groups in total. The normalized spacial score (nSPS) is 10.0. The van der Waals surface area contributed by atoms with E-state index >= 15 is 0 Å². The number of aliphatic hydroxyl groups is 1. The molecular formula is C13H18N2O2S. The monoisotopic (exact) mass is 266 g/mol. The Kier molecular flexibility index (Phi) is 6.44. The molecule has 0 aromatic carbocycles. The third kappa shape index (κ3) is 4.88. The summed E-state index contributed by atoms with van der Waals surface area (Å²) in [5.41, 5.74) is 0.959. The highest BCUT2D eigenvalue weighted by atomic mass is 32.1. The number of carbonyl (C=O) groups excluding carboxylic acids is 1. The molecule has 0 radical (unpaired) electrons. The SMILES string of the molecule is CNC(=O)CCN(C)Cc1sccc1C#CCO. The van der Waals surface area contributed by atoms with Gasteiger partial charge in [0.15, 0.2) is 0 Å². The average Bonchev–Trinajstić information content (AvgIpc) is 2.80. The molecule has 1 heterocycles. The minimum Gasteiger partial charge on any atom is -0.384 e. The first-order chi connectivity index (χ1) is 8.67. The maximum atomic E-state index is 11.1. The topological polar surface area (TPSA) is 52.6 Å². The molecule has 0 aliphatic heterocycles. The van der Waals surface area contributed by atoms with Gasteiger partial charge in [-0.05, 0) is 18.5 Å². The van der Waals surface area contributed by atoms with Crippen LogP contribution in [-0.4, -0.2) is 43.2 Å². The molecule has 1 rings (SSSR count). The molecule has 0 atom stereocenters. The van der Waals surface area contributed by atoms with Crippen molar-refractivity contribution in [2.24, 2.45) is 0 Å². The van der Waals surface area contributed by atoms with E-state index in [2.05, 4.69) is 22.1 Å². The highest BCUT2D eigenvalue weighted by Gasteiger charge is 2.07. The number of thiophene rings is 1. The van der Waals surface area contributed by atoms with Gasteiger partial charge in [-0.25, -0.2) is 0 Å². The van der Waals surface area contributed by atoms with E-state index in [4.69, 9.17) is 5.11 Å². The largest absolute Gasteiger partial charge is 0.384 e. The molecule has 0 fully saturated rings. The third-order valence-electron chi connectivity index (χ3n) is 2.46. The molecule has 0 unspecified atom stereocenters. The predicted molar refractivity (Wildman–Crippen MR) is 73.3 cm³/mol. The van der Waals surface area contributed by atoms with Crippen molar-refractivity contribution in [3.63, 3.8) is 0 Å². The van der Waals surface area contributed by atoms with E-state index in [1.807, 2.05) is 18.5 Å². The summed E-state index contributed by atoms with van der Waals surface area (Å²) in [5, 5.41) is 13.3. The van der Waals surface area contributed by atoms with Crippen LogP contribution in [0.3, 0.4) is 0 Å². The Hall–Kier alpha value is -1.35. The van der Waals surface area contributed by atoms with Crippen molar-refractivity contribution < 1.29 is 9.90 Å². The summed E-state index contributed by atoms with van der Waals surface area (Å²) < 4.78 is 0. The summed E-state index contributed by atoms with van der Waals surface area (Å²) in [6, 6.07) is 1.95. The zero-order valence-electron chi connectivity index (χ0n) is 10.7. The minimum absolute atomic E-state index is 0.0494. The zero-order valence-corrected chi connectivity index (χ0v) is 11.5. The lowest BCUT2D eigenvalue weighted by atomic mass is 10.2. The van der Waals surface area contributed by atoms with Crippen molar-refractivity contribution in [1.29, 1.82) is 0 Å². The van der Waals surface area contributed by atoms with Gasteiger partial charge < -0.3 is 15.3 Å². The number of nitrogens with zero attached hydrogens (tertiary/aromatic N) is 1. The fourth-order valence-corrected chi connectivity index (χ4v) is 2.36. The van der Waals surface area contributed by atoms with Crippen LogP contribution < -0.4 is 5.32 Å². The quantitative estimate of drug-likeness (QED) is 0.770. The van der Waals surface area contributed by atoms with E-state index in [9.17, 15) is 4.79 Å². The van der Waals surface area contributed by atoms with E-state index in [0.717, 1.165) is 17.0 Å². The van der Waals surface area contributed by atoms with Gasteiger partial charge in [-0.1, -0.05) is 11.8 Å². The van der Waals surface area contributed by atoms with Crippen LogP contribution in [0.2, 0.25) is 0 Å². The summed E-state index contributed by atoms with van der Waals surface area (Å²) in [7, 11) is 3.62. The molecule has 0 aliphatic rings. The molecule has 1 aromatic heterocycles. The van der Waals surface area contributed by atoms with Gasteiger partial charge in [0.1, 0.15) is 6.61 Å². The van der Waals surface area contributed by atoms with E-state index in [-0.39, 0.29) is 12.5 Å². The van der Waals surface area contributed by atoms with Crippen molar-refractivity contribution in [3.05, 3.63) is 21.9 Å². The Balaban J connectivity index is 2.51. The van der Waals surface area contributed by atoms with Crippen molar-refractivity contribution in [2.75, 3.05) is 27.2 Å². The first kappa shape index (κ1) is 14.7. The van der Waals surface area contributed by atoms with E-state index in [1.165, 1.54) is 0 Å². The zero-order chi connectivity index (χ0) is 13.4. The molecule has 0 bridgehead atoms. The fourth-order valence-electron chi connectivity index (χ4n) is 1.45. The molecule has 0 spiro atoms. The number of nitrogens with one attached hydrogen (secondary N) is 1. The Morgan fingerprint density at radius 2 is 2.39 bits per heavy atom. The highest BCUT2D eigenvalue weighted by molar-refractivity contribution is 7.10. The van der Waals surface area contributed by atoms with Crippen LogP contribution in [0, 0.1) is 11.8 Å². The van der Waals surface area contributed by atoms with Crippen LogP contribution in [0.25, 0.3) is 0 Å². The Morgan fingerprint density at radius 3 is 3.06 bits per heavy atom. The molecule has 1 amide bonds. The van der Waals surface area contributed by atoms with Crippen molar-refractivity contribution in [3.8, 4) is 11.8 Å². The van der Waals surface area contributed by atoms with Crippen molar-refractivity contribution in [1.82, 2.24) is 10.2 Å². The maximum Gasteiger partial charge on any atom is 0.221 e. The molecule has 0 saturated heterocycles. The molecule has 5 heteroatoms. The van der Waals surface area contributed by atoms with Crippen LogP contribution in [0.15, 0.2) is 11.4 Å². The van der Waals surface area contributed by atoms with Crippen molar-refractivity contribution in [2.45, 2.75) is 13.0 Å². The van der Waals surface area contributed by atoms with Crippen LogP contribution in [0.5, 0.6) is 0 Å². The van der Waals surface area contributed by atoms with E-state index in [0.29, 0.717) is 13.0 Å². The summed E-state index contributed by atoms with van der Waals surface area (Å²) in [6.45, 7) is 1.36. The van der Waals surface area contributed by atoms with Gasteiger partial charge in [0.25, 0.3) is 0 Å². The summed E-state index contributed by atoms with van der Waals surface area (Å²) in [6.07, 6.45) is 0.496. The molecule has 0 saturated carbocycles.